The van der Waals surface area contributed by atoms with Gasteiger partial charge >= 0.3 is 0 Å². The van der Waals surface area contributed by atoms with Crippen molar-refractivity contribution in [2.75, 3.05) is 0 Å². The zero-order valence-corrected chi connectivity index (χ0v) is 12.5. The van der Waals surface area contributed by atoms with Gasteiger partial charge < -0.3 is 0 Å². The van der Waals surface area contributed by atoms with Crippen molar-refractivity contribution in [1.29, 1.82) is 0 Å². The molecule has 2 nitrogen and oxygen atoms in total. The smallest absolute Gasteiger partial charge is 0.117 e. The van der Waals surface area contributed by atoms with Crippen LogP contribution in [-0.4, -0.2) is 9.97 Å². The highest BCUT2D eigenvalue weighted by Gasteiger charge is 2.04. The van der Waals surface area contributed by atoms with Crippen LogP contribution in [0.4, 0.5) is 0 Å². The predicted octanol–water partition coefficient (Wildman–Crippen LogP) is 4.68. The first-order valence-electron chi connectivity index (χ1n) is 5.90. The normalized spacial score (nSPS) is 10.8. The fourth-order valence-electron chi connectivity index (χ4n) is 1.83. The molecule has 0 unspecified atom stereocenters. The molecule has 19 heavy (non-hydrogen) atoms. The molecule has 0 aliphatic carbocycles. The van der Waals surface area contributed by atoms with Gasteiger partial charge in [0.15, 0.2) is 0 Å². The van der Waals surface area contributed by atoms with Crippen molar-refractivity contribution in [2.45, 2.75) is 10.8 Å². The summed E-state index contributed by atoms with van der Waals surface area (Å²) < 4.78 is 1.11. The summed E-state index contributed by atoms with van der Waals surface area (Å²) in [4.78, 5) is 8.66. The van der Waals surface area contributed by atoms with Crippen molar-refractivity contribution in [3.8, 4) is 0 Å². The fourth-order valence-corrected chi connectivity index (χ4v) is 3.04. The second-order valence-corrected chi connectivity index (χ2v) is 5.99. The number of benzene rings is 2. The van der Waals surface area contributed by atoms with Crippen LogP contribution in [0.25, 0.3) is 10.9 Å². The number of para-hydroxylation sites is 1. The van der Waals surface area contributed by atoms with Crippen LogP contribution in [0.15, 0.2) is 64.4 Å². The quantitative estimate of drug-likeness (QED) is 0.515. The number of hydrogen-bond donors (Lipinski definition) is 0. The van der Waals surface area contributed by atoms with Gasteiger partial charge in [0, 0.05) is 15.6 Å². The van der Waals surface area contributed by atoms with Crippen LogP contribution in [0.2, 0.25) is 0 Å². The molecule has 0 bridgehead atoms. The Kier molecular flexibility index (Phi) is 3.80. The Labute approximate surface area is 124 Å². The molecule has 0 saturated carbocycles. The largest absolute Gasteiger partial charge is 0.236 e. The number of aromatic nitrogens is 2. The maximum Gasteiger partial charge on any atom is 0.117 e. The highest BCUT2D eigenvalue weighted by Crippen LogP contribution is 2.27. The minimum atomic E-state index is 0.911. The highest BCUT2D eigenvalue weighted by molar-refractivity contribution is 9.10. The lowest BCUT2D eigenvalue weighted by Gasteiger charge is -2.04. The van der Waals surface area contributed by atoms with Gasteiger partial charge in [-0.3, -0.25) is 0 Å². The molecule has 0 aliphatic rings. The SMILES string of the molecule is Brc1ccc(CSc2ncnc3ccccc23)cc1. The lowest BCUT2D eigenvalue weighted by molar-refractivity contribution is 1.10. The van der Waals surface area contributed by atoms with Gasteiger partial charge in [-0.15, -0.1) is 11.8 Å². The van der Waals surface area contributed by atoms with Crippen LogP contribution in [0, 0.1) is 0 Å². The Morgan fingerprint density at radius 2 is 1.74 bits per heavy atom. The standard InChI is InChI=1S/C15H11BrN2S/c16-12-7-5-11(6-8-12)9-19-15-13-3-1-2-4-14(13)17-10-18-15/h1-8,10H,9H2. The van der Waals surface area contributed by atoms with E-state index in [1.165, 1.54) is 5.56 Å². The molecule has 3 rings (SSSR count). The fraction of sp³-hybridized carbons (Fsp3) is 0.0667. The van der Waals surface area contributed by atoms with Crippen LogP contribution in [0.3, 0.4) is 0 Å². The Morgan fingerprint density at radius 3 is 2.58 bits per heavy atom. The van der Waals surface area contributed by atoms with E-state index in [1.807, 2.05) is 18.2 Å². The predicted molar refractivity (Wildman–Crippen MR) is 83.2 cm³/mol. The first kappa shape index (κ1) is 12.6. The van der Waals surface area contributed by atoms with E-state index in [2.05, 4.69) is 56.2 Å². The average molecular weight is 331 g/mol. The molecule has 0 radical (unpaired) electrons. The van der Waals surface area contributed by atoms with Gasteiger partial charge in [-0.1, -0.05) is 46.3 Å². The number of halogens is 1. The van der Waals surface area contributed by atoms with Crippen molar-refractivity contribution >= 4 is 38.6 Å². The van der Waals surface area contributed by atoms with E-state index in [9.17, 15) is 0 Å². The summed E-state index contributed by atoms with van der Waals surface area (Å²) in [5.41, 5.74) is 2.28. The van der Waals surface area contributed by atoms with E-state index in [4.69, 9.17) is 0 Å². The Hall–Kier alpha value is -1.39. The zero-order chi connectivity index (χ0) is 13.1. The summed E-state index contributed by atoms with van der Waals surface area (Å²) in [6.45, 7) is 0. The van der Waals surface area contributed by atoms with E-state index in [0.717, 1.165) is 26.2 Å². The van der Waals surface area contributed by atoms with Gasteiger partial charge in [0.2, 0.25) is 0 Å². The molecular formula is C15H11BrN2S. The van der Waals surface area contributed by atoms with Gasteiger partial charge in [0.1, 0.15) is 11.4 Å². The lowest BCUT2D eigenvalue weighted by atomic mass is 10.2. The third-order valence-corrected chi connectivity index (χ3v) is 4.40. The second kappa shape index (κ2) is 5.72. The minimum absolute atomic E-state index is 0.911. The highest BCUT2D eigenvalue weighted by atomic mass is 79.9. The van der Waals surface area contributed by atoms with Gasteiger partial charge in [0.05, 0.1) is 5.52 Å². The summed E-state index contributed by atoms with van der Waals surface area (Å²) in [7, 11) is 0. The third-order valence-electron chi connectivity index (χ3n) is 2.80. The maximum absolute atomic E-state index is 4.38. The molecule has 0 N–H and O–H groups in total. The molecule has 4 heteroatoms. The molecule has 94 valence electrons. The van der Waals surface area contributed by atoms with Gasteiger partial charge in [-0.2, -0.15) is 0 Å². The second-order valence-electron chi connectivity index (χ2n) is 4.11. The summed E-state index contributed by atoms with van der Waals surface area (Å²) in [6.07, 6.45) is 1.63. The summed E-state index contributed by atoms with van der Waals surface area (Å²) >= 11 is 5.19. The molecule has 3 aromatic rings. The van der Waals surface area contributed by atoms with Crippen LogP contribution >= 0.6 is 27.7 Å². The van der Waals surface area contributed by atoms with Crippen molar-refractivity contribution in [1.82, 2.24) is 9.97 Å². The number of hydrogen-bond acceptors (Lipinski definition) is 3. The van der Waals surface area contributed by atoms with Crippen molar-refractivity contribution in [2.24, 2.45) is 0 Å². The maximum atomic E-state index is 4.38. The molecule has 0 saturated heterocycles. The summed E-state index contributed by atoms with van der Waals surface area (Å²) in [5.74, 6) is 0.911. The molecular weight excluding hydrogens is 320 g/mol. The molecule has 0 spiro atoms. The van der Waals surface area contributed by atoms with Gasteiger partial charge in [0.25, 0.3) is 0 Å². The van der Waals surface area contributed by atoms with Crippen LogP contribution in [-0.2, 0) is 5.75 Å². The average Bonchev–Trinajstić information content (AvgIpc) is 2.47. The van der Waals surface area contributed by atoms with Gasteiger partial charge in [-0.05, 0) is 23.8 Å². The molecule has 0 fully saturated rings. The number of thioether (sulfide) groups is 1. The molecule has 1 heterocycles. The number of rotatable bonds is 3. The zero-order valence-electron chi connectivity index (χ0n) is 10.1. The number of fused-ring (bicyclic) bond motifs is 1. The van der Waals surface area contributed by atoms with Gasteiger partial charge in [-0.25, -0.2) is 9.97 Å². The summed E-state index contributed by atoms with van der Waals surface area (Å²) in [5, 5.41) is 2.15. The first-order chi connectivity index (χ1) is 9.33. The van der Waals surface area contributed by atoms with Crippen molar-refractivity contribution < 1.29 is 0 Å². The topological polar surface area (TPSA) is 25.8 Å². The lowest BCUT2D eigenvalue weighted by Crippen LogP contribution is -1.87. The van der Waals surface area contributed by atoms with E-state index in [0.29, 0.717) is 0 Å². The Bertz CT molecular complexity index is 693. The van der Waals surface area contributed by atoms with E-state index < -0.39 is 0 Å². The number of nitrogens with zero attached hydrogens (tertiary/aromatic N) is 2. The Morgan fingerprint density at radius 1 is 0.947 bits per heavy atom. The monoisotopic (exact) mass is 330 g/mol. The van der Waals surface area contributed by atoms with Crippen LogP contribution < -0.4 is 0 Å². The van der Waals surface area contributed by atoms with E-state index >= 15 is 0 Å². The molecule has 2 aromatic carbocycles. The van der Waals surface area contributed by atoms with E-state index in [-0.39, 0.29) is 0 Å². The molecule has 0 amide bonds. The Balaban J connectivity index is 1.84. The van der Waals surface area contributed by atoms with E-state index in [1.54, 1.807) is 18.1 Å². The van der Waals surface area contributed by atoms with Crippen LogP contribution in [0.1, 0.15) is 5.56 Å². The first-order valence-corrected chi connectivity index (χ1v) is 7.68. The third kappa shape index (κ3) is 2.96. The summed E-state index contributed by atoms with van der Waals surface area (Å²) in [6, 6.07) is 16.5. The van der Waals surface area contributed by atoms with Crippen molar-refractivity contribution in [3.05, 3.63) is 64.9 Å². The molecule has 1 aromatic heterocycles. The molecule has 0 atom stereocenters. The molecule has 0 aliphatic heterocycles. The minimum Gasteiger partial charge on any atom is -0.236 e. The van der Waals surface area contributed by atoms with Crippen LogP contribution in [0.5, 0.6) is 0 Å². The van der Waals surface area contributed by atoms with Crippen molar-refractivity contribution in [3.63, 3.8) is 0 Å².